The van der Waals surface area contributed by atoms with Gasteiger partial charge in [0.05, 0.1) is 30.8 Å². The lowest BCUT2D eigenvalue weighted by Crippen LogP contribution is -2.52. The van der Waals surface area contributed by atoms with Crippen molar-refractivity contribution in [3.8, 4) is 5.75 Å². The van der Waals surface area contributed by atoms with Crippen molar-refractivity contribution >= 4 is 35.5 Å². The van der Waals surface area contributed by atoms with Crippen molar-refractivity contribution in [2.75, 3.05) is 18.6 Å². The number of carbonyl (C=O) groups is 4. The average molecular weight is 482 g/mol. The van der Waals surface area contributed by atoms with E-state index in [-0.39, 0.29) is 29.9 Å². The molecule has 11 nitrogen and oxygen atoms in total. The van der Waals surface area contributed by atoms with Crippen molar-refractivity contribution in [3.63, 3.8) is 0 Å². The Hall–Kier alpha value is -3.09. The lowest BCUT2D eigenvalue weighted by atomic mass is 9.89. The number of aliphatic hydroxyl groups excluding tert-OH is 2. The second kappa shape index (κ2) is 12.2. The quantitative estimate of drug-likeness (QED) is 0.220. The molecule has 1 aromatic rings. The molecule has 180 valence electrons. The number of rotatable bonds is 11. The summed E-state index contributed by atoms with van der Waals surface area (Å²) in [6.45, 7) is 0. The number of thioether (sulfide) groups is 1. The molecular weight excluding hydrogens is 454 g/mol. The topological polar surface area (TPSA) is 188 Å². The number of nitrogens with two attached hydrogens (primary N) is 1. The average Bonchev–Trinajstić information content (AvgIpc) is 2.76. The number of methoxy groups -OCH3 is 1. The summed E-state index contributed by atoms with van der Waals surface area (Å²) in [6.07, 6.45) is -1.45. The van der Waals surface area contributed by atoms with Crippen molar-refractivity contribution in [2.45, 2.75) is 37.1 Å². The van der Waals surface area contributed by atoms with E-state index < -0.39 is 48.0 Å². The highest BCUT2D eigenvalue weighted by Crippen LogP contribution is 2.21. The molecule has 0 fully saturated rings. The molecule has 3 amide bonds. The maximum absolute atomic E-state index is 12.8. The van der Waals surface area contributed by atoms with Gasteiger partial charge in [-0.25, -0.2) is 0 Å². The van der Waals surface area contributed by atoms with Crippen LogP contribution in [-0.4, -0.2) is 81.9 Å². The van der Waals surface area contributed by atoms with Crippen LogP contribution >= 0.6 is 11.8 Å². The van der Waals surface area contributed by atoms with Gasteiger partial charge in [-0.1, -0.05) is 18.2 Å². The fourth-order valence-electron chi connectivity index (χ4n) is 3.19. The normalized spacial score (nSPS) is 20.8. The minimum absolute atomic E-state index is 0.0669. The first-order chi connectivity index (χ1) is 15.6. The number of hydrogen-bond donors (Lipinski definition) is 6. The molecule has 0 bridgehead atoms. The first kappa shape index (κ1) is 26.2. The number of nitrogens with one attached hydrogen (secondary N) is 2. The number of benzene rings is 1. The molecule has 0 aliphatic heterocycles. The van der Waals surface area contributed by atoms with Crippen molar-refractivity contribution in [1.82, 2.24) is 10.6 Å². The Morgan fingerprint density at radius 3 is 2.42 bits per heavy atom. The molecular formula is C21H27N3O8S. The van der Waals surface area contributed by atoms with Crippen molar-refractivity contribution in [3.05, 3.63) is 41.5 Å². The third kappa shape index (κ3) is 8.08. The minimum atomic E-state index is -1.36. The van der Waals surface area contributed by atoms with Crippen LogP contribution in [0.1, 0.15) is 12.0 Å². The van der Waals surface area contributed by atoms with E-state index in [1.807, 2.05) is 0 Å². The summed E-state index contributed by atoms with van der Waals surface area (Å²) in [5.41, 5.74) is 6.24. The van der Waals surface area contributed by atoms with E-state index in [9.17, 15) is 29.4 Å². The number of primary amides is 1. The first-order valence-corrected chi connectivity index (χ1v) is 11.1. The zero-order valence-electron chi connectivity index (χ0n) is 17.9. The Kier molecular flexibility index (Phi) is 9.70. The third-order valence-electron chi connectivity index (χ3n) is 4.90. The van der Waals surface area contributed by atoms with E-state index in [1.165, 1.54) is 13.2 Å². The van der Waals surface area contributed by atoms with Crippen LogP contribution in [0.15, 0.2) is 35.9 Å². The maximum Gasteiger partial charge on any atom is 0.313 e. The van der Waals surface area contributed by atoms with Crippen LogP contribution < -0.4 is 21.1 Å². The fourth-order valence-corrected chi connectivity index (χ4v) is 3.74. The van der Waals surface area contributed by atoms with Gasteiger partial charge in [0.2, 0.25) is 17.7 Å². The number of carboxylic acids is 1. The minimum Gasteiger partial charge on any atom is -0.497 e. The van der Waals surface area contributed by atoms with Gasteiger partial charge in [0, 0.05) is 18.4 Å². The maximum atomic E-state index is 12.8. The summed E-state index contributed by atoms with van der Waals surface area (Å²) in [5.74, 6) is -2.87. The van der Waals surface area contributed by atoms with Gasteiger partial charge in [-0.2, -0.15) is 0 Å². The molecule has 12 heteroatoms. The number of amides is 3. The number of aliphatic hydroxyl groups is 2. The predicted octanol–water partition coefficient (Wildman–Crippen LogP) is -1.44. The Morgan fingerprint density at radius 2 is 1.85 bits per heavy atom. The van der Waals surface area contributed by atoms with E-state index in [4.69, 9.17) is 15.6 Å². The van der Waals surface area contributed by atoms with E-state index in [0.29, 0.717) is 5.75 Å². The largest absolute Gasteiger partial charge is 0.497 e. The van der Waals surface area contributed by atoms with Crippen molar-refractivity contribution in [1.29, 1.82) is 0 Å². The second-order valence-electron chi connectivity index (χ2n) is 7.41. The van der Waals surface area contributed by atoms with E-state index >= 15 is 0 Å². The lowest BCUT2D eigenvalue weighted by molar-refractivity contribution is -0.134. The zero-order valence-corrected chi connectivity index (χ0v) is 18.7. The van der Waals surface area contributed by atoms with E-state index in [2.05, 4.69) is 10.6 Å². The van der Waals surface area contributed by atoms with Gasteiger partial charge in [-0.3, -0.25) is 19.2 Å². The molecule has 0 unspecified atom stereocenters. The Labute approximate surface area is 194 Å². The molecule has 2 rings (SSSR count). The summed E-state index contributed by atoms with van der Waals surface area (Å²) >= 11 is 0.867. The van der Waals surface area contributed by atoms with Crippen LogP contribution in [0.4, 0.5) is 0 Å². The molecule has 1 aromatic carbocycles. The fraction of sp³-hybridized carbons (Fsp3) is 0.429. The standard InChI is InChI=1S/C21H27N3O8S/c1-32-13-4-2-11(3-5-13)6-15(20(22)30)24-21(31)12-7-14(19(29)16(25)8-12)23-17(26)9-33-10-18(27)28/h2-5,7,14-16,19,25,29H,6,8-10H2,1H3,(H2,22,30)(H,23,26)(H,24,31)(H,27,28)/t14-,15+,16-,19-/m1/s1. The van der Waals surface area contributed by atoms with Gasteiger partial charge in [0.25, 0.3) is 0 Å². The predicted molar refractivity (Wildman–Crippen MR) is 119 cm³/mol. The van der Waals surface area contributed by atoms with E-state index in [0.717, 1.165) is 17.3 Å². The summed E-state index contributed by atoms with van der Waals surface area (Å²) in [5, 5.41) is 34.0. The SMILES string of the molecule is COc1ccc(C[C@H](NC(=O)C2=C[C@@H](NC(=O)CSCC(=O)O)[C@@H](O)[C@H](O)C2)C(N)=O)cc1. The first-order valence-electron chi connectivity index (χ1n) is 9.99. The van der Waals surface area contributed by atoms with Gasteiger partial charge in [-0.05, 0) is 17.7 Å². The van der Waals surface area contributed by atoms with Crippen LogP contribution in [0.2, 0.25) is 0 Å². The molecule has 0 saturated carbocycles. The third-order valence-corrected chi connectivity index (χ3v) is 5.81. The van der Waals surface area contributed by atoms with Crippen LogP contribution in [0, 0.1) is 0 Å². The van der Waals surface area contributed by atoms with Crippen LogP contribution in [0.25, 0.3) is 0 Å². The summed E-state index contributed by atoms with van der Waals surface area (Å²) in [4.78, 5) is 47.2. The van der Waals surface area contributed by atoms with E-state index in [1.54, 1.807) is 24.3 Å². The van der Waals surface area contributed by atoms with Gasteiger partial charge in [0.15, 0.2) is 0 Å². The summed E-state index contributed by atoms with van der Waals surface area (Å²) < 4.78 is 5.08. The second-order valence-corrected chi connectivity index (χ2v) is 8.40. The smallest absolute Gasteiger partial charge is 0.313 e. The van der Waals surface area contributed by atoms with Gasteiger partial charge in [0.1, 0.15) is 17.9 Å². The number of hydrogen-bond acceptors (Lipinski definition) is 8. The van der Waals surface area contributed by atoms with Crippen molar-refractivity contribution < 1.29 is 39.2 Å². The Bertz CT molecular complexity index is 905. The van der Waals surface area contributed by atoms with Gasteiger partial charge >= 0.3 is 5.97 Å². The molecule has 4 atom stereocenters. The monoisotopic (exact) mass is 481 g/mol. The van der Waals surface area contributed by atoms with Gasteiger partial charge in [-0.15, -0.1) is 11.8 Å². The highest BCUT2D eigenvalue weighted by atomic mass is 32.2. The Balaban J connectivity index is 2.05. The number of carboxylic acid groups (broad SMARTS) is 1. The molecule has 0 heterocycles. The highest BCUT2D eigenvalue weighted by Gasteiger charge is 2.34. The molecule has 7 N–H and O–H groups in total. The molecule has 33 heavy (non-hydrogen) atoms. The molecule has 1 aliphatic carbocycles. The molecule has 0 aromatic heterocycles. The van der Waals surface area contributed by atoms with Crippen LogP contribution in [0.5, 0.6) is 5.75 Å². The Morgan fingerprint density at radius 1 is 1.18 bits per heavy atom. The molecule has 0 radical (unpaired) electrons. The number of aliphatic carboxylic acids is 1. The van der Waals surface area contributed by atoms with Gasteiger partial charge < -0.3 is 36.4 Å². The number of carbonyl (C=O) groups excluding carboxylic acids is 3. The van der Waals surface area contributed by atoms with Crippen LogP contribution in [-0.2, 0) is 25.6 Å². The number of ether oxygens (including phenoxy) is 1. The van der Waals surface area contributed by atoms with Crippen molar-refractivity contribution in [2.24, 2.45) is 5.73 Å². The highest BCUT2D eigenvalue weighted by molar-refractivity contribution is 8.00. The summed E-state index contributed by atoms with van der Waals surface area (Å²) in [7, 11) is 1.52. The zero-order chi connectivity index (χ0) is 24.5. The lowest BCUT2D eigenvalue weighted by Gasteiger charge is -2.31. The molecule has 0 spiro atoms. The van der Waals surface area contributed by atoms with Crippen LogP contribution in [0.3, 0.4) is 0 Å². The molecule has 1 aliphatic rings. The summed E-state index contributed by atoms with van der Waals surface area (Å²) in [6, 6.07) is 4.78. The molecule has 0 saturated heterocycles.